The third kappa shape index (κ3) is 5.58. The number of ether oxygens (including phenoxy) is 1. The van der Waals surface area contributed by atoms with Gasteiger partial charge in [-0.3, -0.25) is 4.79 Å². The van der Waals surface area contributed by atoms with Gasteiger partial charge in [-0.25, -0.2) is 4.99 Å². The van der Waals surface area contributed by atoms with Crippen molar-refractivity contribution in [1.29, 1.82) is 0 Å². The van der Waals surface area contributed by atoms with Gasteiger partial charge in [0.25, 0.3) is 5.91 Å². The summed E-state index contributed by atoms with van der Waals surface area (Å²) in [5.41, 5.74) is 1.80. The Balaban J connectivity index is 1.59. The first-order valence-electron chi connectivity index (χ1n) is 10.3. The highest BCUT2D eigenvalue weighted by molar-refractivity contribution is 5.94. The third-order valence-electron chi connectivity index (χ3n) is 5.02. The second-order valence-corrected chi connectivity index (χ2v) is 7.64. The molecule has 152 valence electrons. The summed E-state index contributed by atoms with van der Waals surface area (Å²) in [6.07, 6.45) is 6.64. The van der Waals surface area contributed by atoms with E-state index in [0.29, 0.717) is 25.7 Å². The van der Waals surface area contributed by atoms with Gasteiger partial charge in [0.15, 0.2) is 5.96 Å². The molecule has 2 aliphatic rings. The SMILES string of the molecule is CCNC(=NCc1ccc(C(=O)N2CC(C)OC(C)C2)cc1)NC1CC=CC1. The molecule has 0 radical (unpaired) electrons. The number of benzene rings is 1. The summed E-state index contributed by atoms with van der Waals surface area (Å²) in [7, 11) is 0. The molecule has 1 amide bonds. The van der Waals surface area contributed by atoms with E-state index < -0.39 is 0 Å². The summed E-state index contributed by atoms with van der Waals surface area (Å²) in [5.74, 6) is 0.911. The summed E-state index contributed by atoms with van der Waals surface area (Å²) >= 11 is 0. The van der Waals surface area contributed by atoms with E-state index in [9.17, 15) is 4.79 Å². The van der Waals surface area contributed by atoms with Crippen molar-refractivity contribution < 1.29 is 9.53 Å². The van der Waals surface area contributed by atoms with Crippen molar-refractivity contribution >= 4 is 11.9 Å². The van der Waals surface area contributed by atoms with Gasteiger partial charge in [0.2, 0.25) is 0 Å². The van der Waals surface area contributed by atoms with E-state index in [-0.39, 0.29) is 18.1 Å². The topological polar surface area (TPSA) is 66.0 Å². The maximum absolute atomic E-state index is 12.8. The van der Waals surface area contributed by atoms with Gasteiger partial charge in [-0.1, -0.05) is 24.3 Å². The fourth-order valence-electron chi connectivity index (χ4n) is 3.70. The second kappa shape index (κ2) is 9.73. The minimum absolute atomic E-state index is 0.0702. The molecule has 1 heterocycles. The molecular weight excluding hydrogens is 352 g/mol. The number of amides is 1. The van der Waals surface area contributed by atoms with Gasteiger partial charge in [0, 0.05) is 31.2 Å². The minimum atomic E-state index is 0.0702. The molecule has 6 nitrogen and oxygen atoms in total. The standard InChI is InChI=1S/C22H32N4O2/c1-4-23-22(25-20-7-5-6-8-20)24-13-18-9-11-19(12-10-18)21(27)26-14-16(2)28-17(3)15-26/h5-6,9-12,16-17,20H,4,7-8,13-15H2,1-3H3,(H2,23,24,25). The average Bonchev–Trinajstić information content (AvgIpc) is 3.18. The van der Waals surface area contributed by atoms with Crippen LogP contribution in [0.2, 0.25) is 0 Å². The molecule has 0 aromatic heterocycles. The summed E-state index contributed by atoms with van der Waals surface area (Å²) < 4.78 is 5.72. The number of morpholine rings is 1. The van der Waals surface area contributed by atoms with E-state index in [1.807, 2.05) is 43.0 Å². The Hall–Kier alpha value is -2.34. The number of carbonyl (C=O) groups is 1. The first-order chi connectivity index (χ1) is 13.5. The van der Waals surface area contributed by atoms with Gasteiger partial charge < -0.3 is 20.3 Å². The molecule has 1 aromatic carbocycles. The van der Waals surface area contributed by atoms with Crippen LogP contribution in [0.1, 0.15) is 49.5 Å². The number of nitrogens with zero attached hydrogens (tertiary/aromatic N) is 2. The number of carbonyl (C=O) groups excluding carboxylic acids is 1. The number of guanidine groups is 1. The van der Waals surface area contributed by atoms with Crippen molar-refractivity contribution in [3.63, 3.8) is 0 Å². The highest BCUT2D eigenvalue weighted by atomic mass is 16.5. The average molecular weight is 385 g/mol. The van der Waals surface area contributed by atoms with E-state index in [4.69, 9.17) is 4.74 Å². The van der Waals surface area contributed by atoms with Crippen molar-refractivity contribution in [3.05, 3.63) is 47.5 Å². The molecule has 1 aromatic rings. The quantitative estimate of drug-likeness (QED) is 0.465. The third-order valence-corrected chi connectivity index (χ3v) is 5.02. The lowest BCUT2D eigenvalue weighted by Crippen LogP contribution is -2.48. The van der Waals surface area contributed by atoms with Crippen LogP contribution >= 0.6 is 0 Å². The van der Waals surface area contributed by atoms with Crippen LogP contribution in [-0.2, 0) is 11.3 Å². The summed E-state index contributed by atoms with van der Waals surface area (Å²) in [4.78, 5) is 19.3. The Morgan fingerprint density at radius 1 is 1.14 bits per heavy atom. The monoisotopic (exact) mass is 384 g/mol. The lowest BCUT2D eigenvalue weighted by Gasteiger charge is -2.35. The Morgan fingerprint density at radius 3 is 2.39 bits per heavy atom. The molecule has 3 rings (SSSR count). The van der Waals surface area contributed by atoms with Gasteiger partial charge >= 0.3 is 0 Å². The number of rotatable bonds is 5. The van der Waals surface area contributed by atoms with Crippen molar-refractivity contribution in [3.8, 4) is 0 Å². The lowest BCUT2D eigenvalue weighted by molar-refractivity contribution is -0.0586. The molecule has 0 bridgehead atoms. The van der Waals surface area contributed by atoms with Crippen molar-refractivity contribution in [2.24, 2.45) is 4.99 Å². The summed E-state index contributed by atoms with van der Waals surface area (Å²) in [6, 6.07) is 8.21. The predicted molar refractivity (Wildman–Crippen MR) is 112 cm³/mol. The smallest absolute Gasteiger partial charge is 0.254 e. The van der Waals surface area contributed by atoms with Crippen LogP contribution < -0.4 is 10.6 Å². The number of hydrogen-bond acceptors (Lipinski definition) is 3. The van der Waals surface area contributed by atoms with Crippen molar-refractivity contribution in [1.82, 2.24) is 15.5 Å². The molecule has 1 fully saturated rings. The number of aliphatic imine (C=N–C) groups is 1. The fourth-order valence-corrected chi connectivity index (χ4v) is 3.70. The predicted octanol–water partition coefficient (Wildman–Crippen LogP) is 2.71. The van der Waals surface area contributed by atoms with Crippen LogP contribution in [0.4, 0.5) is 0 Å². The summed E-state index contributed by atoms with van der Waals surface area (Å²) in [5, 5.41) is 6.77. The van der Waals surface area contributed by atoms with E-state index in [2.05, 4.69) is 34.7 Å². The molecule has 28 heavy (non-hydrogen) atoms. The van der Waals surface area contributed by atoms with E-state index in [1.165, 1.54) is 0 Å². The molecule has 1 aliphatic heterocycles. The van der Waals surface area contributed by atoms with E-state index >= 15 is 0 Å². The second-order valence-electron chi connectivity index (χ2n) is 7.64. The molecule has 2 unspecified atom stereocenters. The first-order valence-corrected chi connectivity index (χ1v) is 10.3. The molecule has 2 N–H and O–H groups in total. The zero-order valence-electron chi connectivity index (χ0n) is 17.1. The van der Waals surface area contributed by atoms with Gasteiger partial charge in [-0.05, 0) is 51.3 Å². The van der Waals surface area contributed by atoms with E-state index in [0.717, 1.165) is 36.5 Å². The molecule has 6 heteroatoms. The first kappa shape index (κ1) is 20.4. The van der Waals surface area contributed by atoms with E-state index in [1.54, 1.807) is 0 Å². The Kier molecular flexibility index (Phi) is 7.09. The number of hydrogen-bond donors (Lipinski definition) is 2. The van der Waals surface area contributed by atoms with Crippen LogP contribution in [0.5, 0.6) is 0 Å². The Bertz CT molecular complexity index is 696. The van der Waals surface area contributed by atoms with Crippen LogP contribution in [0, 0.1) is 0 Å². The van der Waals surface area contributed by atoms with Gasteiger partial charge in [-0.15, -0.1) is 0 Å². The maximum Gasteiger partial charge on any atom is 0.254 e. The minimum Gasteiger partial charge on any atom is -0.372 e. The maximum atomic E-state index is 12.8. The molecular formula is C22H32N4O2. The Morgan fingerprint density at radius 2 is 1.79 bits per heavy atom. The van der Waals surface area contributed by atoms with Gasteiger partial charge in [0.1, 0.15) is 0 Å². The van der Waals surface area contributed by atoms with Gasteiger partial charge in [0.05, 0.1) is 18.8 Å². The van der Waals surface area contributed by atoms with Crippen LogP contribution in [0.3, 0.4) is 0 Å². The largest absolute Gasteiger partial charge is 0.372 e. The highest BCUT2D eigenvalue weighted by Gasteiger charge is 2.26. The Labute approximate surface area is 168 Å². The van der Waals surface area contributed by atoms with Crippen LogP contribution in [0.25, 0.3) is 0 Å². The van der Waals surface area contributed by atoms with Crippen LogP contribution in [0.15, 0.2) is 41.4 Å². The zero-order chi connectivity index (χ0) is 19.9. The molecule has 2 atom stereocenters. The van der Waals surface area contributed by atoms with Gasteiger partial charge in [-0.2, -0.15) is 0 Å². The fraction of sp³-hybridized carbons (Fsp3) is 0.545. The van der Waals surface area contributed by atoms with Crippen molar-refractivity contribution in [2.75, 3.05) is 19.6 Å². The van der Waals surface area contributed by atoms with Crippen molar-refractivity contribution in [2.45, 2.75) is 58.4 Å². The normalized spacial score (nSPS) is 23.1. The van der Waals surface area contributed by atoms with Crippen LogP contribution in [-0.4, -0.2) is 54.7 Å². The summed E-state index contributed by atoms with van der Waals surface area (Å²) in [6.45, 7) is 8.78. The highest BCUT2D eigenvalue weighted by Crippen LogP contribution is 2.15. The molecule has 1 saturated heterocycles. The molecule has 0 spiro atoms. The lowest BCUT2D eigenvalue weighted by atomic mass is 10.1. The molecule has 1 aliphatic carbocycles. The zero-order valence-corrected chi connectivity index (χ0v) is 17.1. The number of nitrogens with one attached hydrogen (secondary N) is 2. The molecule has 0 saturated carbocycles.